The highest BCUT2D eigenvalue weighted by Gasteiger charge is 2.08. The Morgan fingerprint density at radius 3 is 2.47 bits per heavy atom. The van der Waals surface area contributed by atoms with E-state index >= 15 is 0 Å². The molecule has 0 bridgehead atoms. The summed E-state index contributed by atoms with van der Waals surface area (Å²) in [6.45, 7) is 0. The Balaban J connectivity index is 2.15. The molecule has 19 heavy (non-hydrogen) atoms. The normalized spacial score (nSPS) is 10.2. The number of anilines is 2. The van der Waals surface area contributed by atoms with Crippen LogP contribution in [0.1, 0.15) is 10.4 Å². The number of hydrogen-bond donors (Lipinski definition) is 2. The van der Waals surface area contributed by atoms with Crippen LogP contribution in [0.15, 0.2) is 47.4 Å². The number of amides is 1. The zero-order valence-electron chi connectivity index (χ0n) is 10.3. The van der Waals surface area contributed by atoms with Crippen LogP contribution in [0.3, 0.4) is 0 Å². The lowest BCUT2D eigenvalue weighted by atomic mass is 10.2. The van der Waals surface area contributed by atoms with E-state index in [1.165, 1.54) is 12.1 Å². The van der Waals surface area contributed by atoms with Crippen molar-refractivity contribution in [1.29, 1.82) is 0 Å². The smallest absolute Gasteiger partial charge is 0.255 e. The van der Waals surface area contributed by atoms with Gasteiger partial charge in [0.1, 0.15) is 5.82 Å². The highest BCUT2D eigenvalue weighted by Crippen LogP contribution is 2.18. The molecule has 0 saturated heterocycles. The van der Waals surface area contributed by atoms with Gasteiger partial charge in [-0.2, -0.15) is 0 Å². The molecule has 5 heteroatoms. The summed E-state index contributed by atoms with van der Waals surface area (Å²) >= 11 is 1.62. The first-order valence-electron chi connectivity index (χ1n) is 5.60. The molecular weight excluding hydrogens is 263 g/mol. The molecule has 0 spiro atoms. The largest absolute Gasteiger partial charge is 0.399 e. The molecule has 2 aromatic carbocycles. The van der Waals surface area contributed by atoms with Gasteiger partial charge in [-0.05, 0) is 48.7 Å². The van der Waals surface area contributed by atoms with Crippen molar-refractivity contribution < 1.29 is 9.18 Å². The summed E-state index contributed by atoms with van der Waals surface area (Å²) in [7, 11) is 0. The van der Waals surface area contributed by atoms with Gasteiger partial charge >= 0.3 is 0 Å². The highest BCUT2D eigenvalue weighted by atomic mass is 32.2. The van der Waals surface area contributed by atoms with E-state index in [1.54, 1.807) is 23.9 Å². The zero-order chi connectivity index (χ0) is 13.8. The van der Waals surface area contributed by atoms with Crippen LogP contribution in [0.5, 0.6) is 0 Å². The maximum absolute atomic E-state index is 13.2. The first-order valence-corrected chi connectivity index (χ1v) is 6.82. The van der Waals surface area contributed by atoms with Crippen molar-refractivity contribution in [3.8, 4) is 0 Å². The number of carbonyl (C=O) groups is 1. The fourth-order valence-electron chi connectivity index (χ4n) is 1.62. The van der Waals surface area contributed by atoms with Crippen molar-refractivity contribution in [3.05, 3.63) is 53.8 Å². The van der Waals surface area contributed by atoms with Crippen LogP contribution in [0.4, 0.5) is 15.8 Å². The van der Waals surface area contributed by atoms with E-state index < -0.39 is 5.82 Å². The molecule has 0 saturated carbocycles. The van der Waals surface area contributed by atoms with Crippen LogP contribution in [0, 0.1) is 5.82 Å². The first kappa shape index (κ1) is 13.4. The van der Waals surface area contributed by atoms with Gasteiger partial charge in [0.2, 0.25) is 0 Å². The molecule has 0 aliphatic carbocycles. The van der Waals surface area contributed by atoms with E-state index in [-0.39, 0.29) is 17.2 Å². The predicted molar refractivity (Wildman–Crippen MR) is 77.0 cm³/mol. The Kier molecular flexibility index (Phi) is 4.06. The lowest BCUT2D eigenvalue weighted by Gasteiger charge is -2.07. The summed E-state index contributed by atoms with van der Waals surface area (Å²) in [5.74, 6) is -0.911. The third-order valence-electron chi connectivity index (χ3n) is 2.53. The molecular formula is C14H13FN2OS. The second-order valence-electron chi connectivity index (χ2n) is 3.96. The fraction of sp³-hybridized carbons (Fsp3) is 0.0714. The fourth-order valence-corrected chi connectivity index (χ4v) is 2.03. The number of nitrogens with two attached hydrogens (primary N) is 1. The molecule has 0 fully saturated rings. The van der Waals surface area contributed by atoms with E-state index in [9.17, 15) is 9.18 Å². The van der Waals surface area contributed by atoms with E-state index in [4.69, 9.17) is 5.73 Å². The minimum absolute atomic E-state index is 0.200. The van der Waals surface area contributed by atoms with E-state index in [2.05, 4.69) is 5.32 Å². The summed E-state index contributed by atoms with van der Waals surface area (Å²) in [6.07, 6.45) is 1.98. The Morgan fingerprint density at radius 1 is 1.21 bits per heavy atom. The number of halogens is 1. The summed E-state index contributed by atoms with van der Waals surface area (Å²) in [4.78, 5) is 13.0. The molecule has 1 amide bonds. The number of nitrogens with one attached hydrogen (secondary N) is 1. The number of thioether (sulfide) groups is 1. The van der Waals surface area contributed by atoms with Gasteiger partial charge in [-0.1, -0.05) is 0 Å². The van der Waals surface area contributed by atoms with Gasteiger partial charge in [0, 0.05) is 21.8 Å². The van der Waals surface area contributed by atoms with Gasteiger partial charge in [-0.25, -0.2) is 4.39 Å². The van der Waals surface area contributed by atoms with E-state index in [0.717, 1.165) is 11.0 Å². The summed E-state index contributed by atoms with van der Waals surface area (Å²) < 4.78 is 13.2. The summed E-state index contributed by atoms with van der Waals surface area (Å²) in [5, 5.41) is 2.69. The first-order chi connectivity index (χ1) is 9.08. The molecule has 0 unspecified atom stereocenters. The van der Waals surface area contributed by atoms with Crippen molar-refractivity contribution in [1.82, 2.24) is 0 Å². The van der Waals surface area contributed by atoms with Crippen molar-refractivity contribution in [2.75, 3.05) is 17.3 Å². The van der Waals surface area contributed by atoms with Crippen LogP contribution in [-0.4, -0.2) is 12.2 Å². The maximum atomic E-state index is 13.2. The monoisotopic (exact) mass is 276 g/mol. The minimum atomic E-state index is -0.525. The van der Waals surface area contributed by atoms with Crippen LogP contribution >= 0.6 is 11.8 Å². The Bertz CT molecular complexity index is 579. The highest BCUT2D eigenvalue weighted by molar-refractivity contribution is 7.98. The number of rotatable bonds is 3. The van der Waals surface area contributed by atoms with Gasteiger partial charge in [0.05, 0.1) is 0 Å². The predicted octanol–water partition coefficient (Wildman–Crippen LogP) is 3.38. The number of nitrogen functional groups attached to an aromatic ring is 1. The summed E-state index contributed by atoms with van der Waals surface area (Å²) in [6, 6.07) is 11.2. The lowest BCUT2D eigenvalue weighted by Crippen LogP contribution is -2.12. The number of hydrogen-bond acceptors (Lipinski definition) is 3. The van der Waals surface area contributed by atoms with Crippen molar-refractivity contribution in [2.24, 2.45) is 0 Å². The Labute approximate surface area is 115 Å². The van der Waals surface area contributed by atoms with Gasteiger partial charge in [0.25, 0.3) is 5.91 Å². The van der Waals surface area contributed by atoms with Gasteiger partial charge in [-0.15, -0.1) is 11.8 Å². The molecule has 98 valence electrons. The summed E-state index contributed by atoms with van der Waals surface area (Å²) in [5.41, 5.74) is 6.59. The maximum Gasteiger partial charge on any atom is 0.255 e. The topological polar surface area (TPSA) is 55.1 Å². The van der Waals surface area contributed by atoms with Crippen LogP contribution < -0.4 is 11.1 Å². The molecule has 3 nitrogen and oxygen atoms in total. The molecule has 2 aromatic rings. The molecule has 0 heterocycles. The quantitative estimate of drug-likeness (QED) is 0.667. The molecule has 0 radical (unpaired) electrons. The second kappa shape index (κ2) is 5.75. The van der Waals surface area contributed by atoms with Gasteiger partial charge < -0.3 is 11.1 Å². The SMILES string of the molecule is CSc1ccc(NC(=O)c2cc(N)cc(F)c2)cc1. The molecule has 0 atom stereocenters. The van der Waals surface area contributed by atoms with Gasteiger partial charge in [-0.3, -0.25) is 4.79 Å². The third-order valence-corrected chi connectivity index (χ3v) is 3.27. The van der Waals surface area contributed by atoms with Crippen molar-refractivity contribution in [2.45, 2.75) is 4.90 Å². The van der Waals surface area contributed by atoms with Gasteiger partial charge in [0.15, 0.2) is 0 Å². The van der Waals surface area contributed by atoms with Crippen LogP contribution in [0.25, 0.3) is 0 Å². The number of benzene rings is 2. The standard InChI is InChI=1S/C14H13FN2OS/c1-19-13-4-2-12(3-5-13)17-14(18)9-6-10(15)8-11(16)7-9/h2-8H,16H2,1H3,(H,17,18). The minimum Gasteiger partial charge on any atom is -0.399 e. The second-order valence-corrected chi connectivity index (χ2v) is 4.84. The van der Waals surface area contributed by atoms with Crippen LogP contribution in [0.2, 0.25) is 0 Å². The third kappa shape index (κ3) is 3.48. The lowest BCUT2D eigenvalue weighted by molar-refractivity contribution is 0.102. The Morgan fingerprint density at radius 2 is 1.89 bits per heavy atom. The molecule has 0 aromatic heterocycles. The molecule has 2 rings (SSSR count). The van der Waals surface area contributed by atoms with Crippen molar-refractivity contribution in [3.63, 3.8) is 0 Å². The van der Waals surface area contributed by atoms with E-state index in [0.29, 0.717) is 5.69 Å². The zero-order valence-corrected chi connectivity index (χ0v) is 11.1. The number of carbonyl (C=O) groups excluding carboxylic acids is 1. The average molecular weight is 276 g/mol. The van der Waals surface area contributed by atoms with E-state index in [1.807, 2.05) is 18.4 Å². The van der Waals surface area contributed by atoms with Crippen molar-refractivity contribution >= 4 is 29.0 Å². The molecule has 0 aliphatic rings. The van der Waals surface area contributed by atoms with Crippen LogP contribution in [-0.2, 0) is 0 Å². The Hall–Kier alpha value is -2.01. The molecule has 0 aliphatic heterocycles. The average Bonchev–Trinajstić information content (AvgIpc) is 2.38. The molecule has 3 N–H and O–H groups in total.